The Morgan fingerprint density at radius 1 is 0.735 bits per heavy atom. The number of Topliss-reactive ketones (excluding diaryl/α,β-unsaturated/α-hetero) is 1. The monoisotopic (exact) mass is 491 g/mol. The van der Waals surface area contributed by atoms with Crippen LogP contribution in [0, 0.1) is 0 Å². The van der Waals surface area contributed by atoms with Crippen LogP contribution in [0.3, 0.4) is 0 Å². The van der Waals surface area contributed by atoms with Gasteiger partial charge in [-0.05, 0) is 32.2 Å². The number of aliphatic hydroxyl groups is 1. The van der Waals surface area contributed by atoms with Crippen LogP contribution in [-0.2, 0) is 28.8 Å². The first-order valence-corrected chi connectivity index (χ1v) is 10.4. The fraction of sp³-hybridized carbons (Fsp3) is 0.684. The van der Waals surface area contributed by atoms with Crippen molar-refractivity contribution in [2.24, 2.45) is 22.9 Å². The van der Waals surface area contributed by atoms with Crippen LogP contribution < -0.4 is 22.9 Å². The summed E-state index contributed by atoms with van der Waals surface area (Å²) >= 11 is 0. The molecule has 0 fully saturated rings. The Morgan fingerprint density at radius 2 is 1.18 bits per heavy atom. The van der Waals surface area contributed by atoms with Crippen molar-refractivity contribution >= 4 is 35.5 Å². The molecule has 0 bridgehead atoms. The van der Waals surface area contributed by atoms with Gasteiger partial charge in [0.1, 0.15) is 0 Å². The molecule has 194 valence electrons. The molecular formula is C19H33N5O10. The van der Waals surface area contributed by atoms with E-state index in [4.69, 9.17) is 33.1 Å². The Morgan fingerprint density at radius 3 is 1.56 bits per heavy atom. The second-order valence-electron chi connectivity index (χ2n) is 7.67. The zero-order valence-corrected chi connectivity index (χ0v) is 18.6. The van der Waals surface area contributed by atoms with Gasteiger partial charge < -0.3 is 43.4 Å². The highest BCUT2D eigenvalue weighted by atomic mass is 16.4. The number of aliphatic carboxylic acids is 3. The molecule has 4 atom stereocenters. The summed E-state index contributed by atoms with van der Waals surface area (Å²) in [5.74, 6) is -9.16. The number of carbonyl (C=O) groups excluding carboxylic acids is 3. The fourth-order valence-electron chi connectivity index (χ4n) is 3.10. The number of carboxylic acids is 3. The van der Waals surface area contributed by atoms with Crippen molar-refractivity contribution < 1.29 is 49.2 Å². The van der Waals surface area contributed by atoms with Gasteiger partial charge in [-0.15, -0.1) is 0 Å². The van der Waals surface area contributed by atoms with Crippen molar-refractivity contribution in [3.05, 3.63) is 0 Å². The maximum Gasteiger partial charge on any atom is 0.340 e. The molecule has 0 aliphatic carbocycles. The Kier molecular flexibility index (Phi) is 13.1. The molecule has 0 radical (unpaired) electrons. The Labute approximate surface area is 195 Å². The van der Waals surface area contributed by atoms with E-state index in [0.29, 0.717) is 12.8 Å². The summed E-state index contributed by atoms with van der Waals surface area (Å²) in [6.45, 7) is -1.35. The van der Waals surface area contributed by atoms with Gasteiger partial charge in [0, 0.05) is 12.8 Å². The highest BCUT2D eigenvalue weighted by Gasteiger charge is 2.58. The third-order valence-electron chi connectivity index (χ3n) is 5.09. The summed E-state index contributed by atoms with van der Waals surface area (Å²) in [6.07, 6.45) is -1.67. The maximum absolute atomic E-state index is 13.1. The average molecular weight is 491 g/mol. The number of ketones is 1. The molecular weight excluding hydrogens is 458 g/mol. The van der Waals surface area contributed by atoms with E-state index in [9.17, 15) is 39.0 Å². The zero-order valence-electron chi connectivity index (χ0n) is 18.6. The lowest BCUT2D eigenvalue weighted by Gasteiger charge is -2.40. The molecule has 4 unspecified atom stereocenters. The number of carbonyl (C=O) groups is 6. The first-order chi connectivity index (χ1) is 15.8. The van der Waals surface area contributed by atoms with E-state index in [0.717, 1.165) is 0 Å². The van der Waals surface area contributed by atoms with E-state index in [-0.39, 0.29) is 17.9 Å². The van der Waals surface area contributed by atoms with E-state index in [2.05, 4.69) is 0 Å². The first-order valence-electron chi connectivity index (χ1n) is 10.4. The minimum absolute atomic E-state index is 0.0649. The number of hydrogen-bond acceptors (Lipinski definition) is 11. The SMILES string of the molecule is NCCCCC(N)C(=O)N(C(=O)C(N)CCC(=O)O)C(CO)(C(=O)O)C(=O)C(N)CCC(=O)O. The van der Waals surface area contributed by atoms with Gasteiger partial charge >= 0.3 is 17.9 Å². The smallest absolute Gasteiger partial charge is 0.340 e. The Balaban J connectivity index is 6.49. The van der Waals surface area contributed by atoms with E-state index < -0.39 is 91.5 Å². The average Bonchev–Trinajstić information content (AvgIpc) is 2.77. The normalized spacial score (nSPS) is 15.4. The van der Waals surface area contributed by atoms with Crippen molar-refractivity contribution in [2.75, 3.05) is 13.2 Å². The summed E-state index contributed by atoms with van der Waals surface area (Å²) in [7, 11) is 0. The molecule has 12 N–H and O–H groups in total. The third-order valence-corrected chi connectivity index (χ3v) is 5.09. The molecule has 0 spiro atoms. The molecule has 0 aliphatic heterocycles. The van der Waals surface area contributed by atoms with E-state index >= 15 is 0 Å². The number of imide groups is 1. The minimum Gasteiger partial charge on any atom is -0.481 e. The largest absolute Gasteiger partial charge is 0.481 e. The van der Waals surface area contributed by atoms with Gasteiger partial charge in [-0.25, -0.2) is 4.79 Å². The molecule has 0 aromatic heterocycles. The number of aliphatic hydroxyl groups excluding tert-OH is 1. The minimum atomic E-state index is -3.27. The lowest BCUT2D eigenvalue weighted by Crippen LogP contribution is -2.72. The van der Waals surface area contributed by atoms with Gasteiger partial charge in [0.2, 0.25) is 17.4 Å². The molecule has 0 aliphatic rings. The van der Waals surface area contributed by atoms with Crippen LogP contribution in [0.4, 0.5) is 0 Å². The topological polar surface area (TPSA) is 291 Å². The van der Waals surface area contributed by atoms with Gasteiger partial charge in [-0.2, -0.15) is 0 Å². The van der Waals surface area contributed by atoms with Crippen LogP contribution in [0.5, 0.6) is 0 Å². The second-order valence-corrected chi connectivity index (χ2v) is 7.67. The van der Waals surface area contributed by atoms with E-state index in [1.807, 2.05) is 0 Å². The van der Waals surface area contributed by atoms with Crippen LogP contribution in [-0.4, -0.2) is 97.6 Å². The lowest BCUT2D eigenvalue weighted by atomic mass is 9.85. The van der Waals surface area contributed by atoms with Crippen LogP contribution in [0.15, 0.2) is 0 Å². The van der Waals surface area contributed by atoms with E-state index in [1.165, 1.54) is 0 Å². The maximum atomic E-state index is 13.1. The molecule has 0 aromatic rings. The predicted octanol–water partition coefficient (Wildman–Crippen LogP) is -3.43. The molecule has 15 nitrogen and oxygen atoms in total. The molecule has 0 heterocycles. The summed E-state index contributed by atoms with van der Waals surface area (Å²) in [5.41, 5.74) is 19.3. The van der Waals surface area contributed by atoms with Gasteiger partial charge in [0.05, 0.1) is 24.7 Å². The Hall–Kier alpha value is -2.98. The number of carboxylic acid groups (broad SMARTS) is 3. The molecule has 0 rings (SSSR count). The first kappa shape index (κ1) is 31.0. The van der Waals surface area contributed by atoms with Gasteiger partial charge in [-0.1, -0.05) is 6.42 Å². The van der Waals surface area contributed by atoms with Crippen molar-refractivity contribution in [3.8, 4) is 0 Å². The molecule has 2 amide bonds. The van der Waals surface area contributed by atoms with Crippen LogP contribution in [0.25, 0.3) is 0 Å². The molecule has 0 saturated carbocycles. The fourth-order valence-corrected chi connectivity index (χ4v) is 3.10. The van der Waals surface area contributed by atoms with Gasteiger partial charge in [0.25, 0.3) is 0 Å². The summed E-state index contributed by atoms with van der Waals surface area (Å²) in [6, 6.07) is -5.05. The third kappa shape index (κ3) is 8.11. The predicted molar refractivity (Wildman–Crippen MR) is 115 cm³/mol. The number of hydrogen-bond donors (Lipinski definition) is 8. The second kappa shape index (κ2) is 14.3. The van der Waals surface area contributed by atoms with Crippen molar-refractivity contribution in [1.29, 1.82) is 0 Å². The van der Waals surface area contributed by atoms with Crippen LogP contribution in [0.1, 0.15) is 44.9 Å². The number of amides is 2. The molecule has 15 heteroatoms. The molecule has 0 aromatic carbocycles. The number of nitrogens with zero attached hydrogens (tertiary/aromatic N) is 1. The molecule has 34 heavy (non-hydrogen) atoms. The standard InChI is InChI=1S/C19H33N5O10/c20-8-2-1-3-11(22)16(31)24(17(32)12(23)5-7-14(28)29)19(9-25,18(33)34)15(30)10(21)4-6-13(26)27/h10-12,25H,1-9,20-23H2,(H,26,27)(H,28,29)(H,33,34). The summed E-state index contributed by atoms with van der Waals surface area (Å²) in [5, 5.41) is 37.5. The van der Waals surface area contributed by atoms with Crippen molar-refractivity contribution in [3.63, 3.8) is 0 Å². The number of rotatable bonds is 17. The summed E-state index contributed by atoms with van der Waals surface area (Å²) < 4.78 is 0. The number of nitrogens with two attached hydrogens (primary N) is 4. The lowest BCUT2D eigenvalue weighted by molar-refractivity contribution is -0.175. The summed E-state index contributed by atoms with van der Waals surface area (Å²) in [4.78, 5) is 73.2. The van der Waals surface area contributed by atoms with Gasteiger partial charge in [-0.3, -0.25) is 28.9 Å². The quantitative estimate of drug-likeness (QED) is 0.0725. The molecule has 0 saturated heterocycles. The van der Waals surface area contributed by atoms with Gasteiger partial charge in [0.15, 0.2) is 5.78 Å². The van der Waals surface area contributed by atoms with Crippen LogP contribution in [0.2, 0.25) is 0 Å². The van der Waals surface area contributed by atoms with Crippen LogP contribution >= 0.6 is 0 Å². The highest BCUT2D eigenvalue weighted by molar-refractivity contribution is 6.17. The Bertz CT molecular complexity index is 777. The highest BCUT2D eigenvalue weighted by Crippen LogP contribution is 2.24. The zero-order chi connectivity index (χ0) is 26.6. The number of unbranched alkanes of at least 4 members (excludes halogenated alkanes) is 1. The van der Waals surface area contributed by atoms with E-state index in [1.54, 1.807) is 0 Å². The van der Waals surface area contributed by atoms with Crippen molar-refractivity contribution in [1.82, 2.24) is 4.90 Å². The van der Waals surface area contributed by atoms with Crippen molar-refractivity contribution in [2.45, 2.75) is 68.6 Å².